The Morgan fingerprint density at radius 2 is 1.92 bits per heavy atom. The molecule has 0 unspecified atom stereocenters. The summed E-state index contributed by atoms with van der Waals surface area (Å²) in [5, 5.41) is 5.06. The summed E-state index contributed by atoms with van der Waals surface area (Å²) in [6.45, 7) is 2.06. The Kier molecular flexibility index (Phi) is 6.05. The fourth-order valence-electron chi connectivity index (χ4n) is 1.88. The molecule has 2 rings (SSSR count). The van der Waals surface area contributed by atoms with Crippen molar-refractivity contribution < 1.29 is 17.4 Å². The Hall–Kier alpha value is -2.25. The van der Waals surface area contributed by atoms with Gasteiger partial charge >= 0.3 is 16.1 Å². The number of hydrogen-bond donors (Lipinski definition) is 2. The molecule has 0 aromatic heterocycles. The first kappa shape index (κ1) is 18.1. The molecule has 2 aromatic rings. The van der Waals surface area contributed by atoms with Crippen molar-refractivity contribution >= 4 is 33.4 Å². The maximum absolute atomic E-state index is 12.4. The highest BCUT2D eigenvalue weighted by atomic mass is 35.5. The second-order valence-electron chi connectivity index (χ2n) is 4.90. The molecule has 0 heterocycles. The van der Waals surface area contributed by atoms with Crippen molar-refractivity contribution in [1.82, 2.24) is 5.32 Å². The van der Waals surface area contributed by atoms with Crippen LogP contribution in [0.15, 0.2) is 53.4 Å². The third-order valence-electron chi connectivity index (χ3n) is 3.05. The topological polar surface area (TPSA) is 84.5 Å². The monoisotopic (exact) mass is 368 g/mol. The smallest absolute Gasteiger partial charge is 0.339 e. The van der Waals surface area contributed by atoms with Gasteiger partial charge in [-0.25, -0.2) is 4.79 Å². The molecule has 0 radical (unpaired) electrons. The third kappa shape index (κ3) is 4.87. The van der Waals surface area contributed by atoms with Crippen molar-refractivity contribution in [3.05, 3.63) is 54.1 Å². The number of benzene rings is 2. The van der Waals surface area contributed by atoms with Gasteiger partial charge in [-0.1, -0.05) is 24.3 Å². The van der Waals surface area contributed by atoms with E-state index in [-0.39, 0.29) is 16.5 Å². The Morgan fingerprint density at radius 3 is 2.62 bits per heavy atom. The largest absolute Gasteiger partial charge is 0.379 e. The van der Waals surface area contributed by atoms with E-state index in [9.17, 15) is 13.2 Å². The van der Waals surface area contributed by atoms with E-state index in [4.69, 9.17) is 15.8 Å². The SMILES string of the molecule is Cc1ccccc1OS(=O)(=O)c1cccc(NC(=O)NCCCl)c1. The molecule has 2 aromatic carbocycles. The summed E-state index contributed by atoms with van der Waals surface area (Å²) < 4.78 is 30.0. The number of nitrogens with one attached hydrogen (secondary N) is 2. The number of para-hydroxylation sites is 1. The molecular weight excluding hydrogens is 352 g/mol. The van der Waals surface area contributed by atoms with Crippen LogP contribution in [0.1, 0.15) is 5.56 Å². The lowest BCUT2D eigenvalue weighted by Crippen LogP contribution is -2.30. The average molecular weight is 369 g/mol. The second-order valence-corrected chi connectivity index (χ2v) is 6.82. The van der Waals surface area contributed by atoms with Gasteiger partial charge in [-0.3, -0.25) is 0 Å². The van der Waals surface area contributed by atoms with Crippen LogP contribution < -0.4 is 14.8 Å². The first-order chi connectivity index (χ1) is 11.4. The van der Waals surface area contributed by atoms with E-state index < -0.39 is 16.1 Å². The summed E-state index contributed by atoms with van der Waals surface area (Å²) >= 11 is 5.49. The van der Waals surface area contributed by atoms with Gasteiger partial charge in [0.15, 0.2) is 0 Å². The molecule has 0 spiro atoms. The van der Waals surface area contributed by atoms with Crippen LogP contribution in [-0.2, 0) is 10.1 Å². The summed E-state index contributed by atoms with van der Waals surface area (Å²) in [7, 11) is -4.00. The number of carbonyl (C=O) groups is 1. The lowest BCUT2D eigenvalue weighted by molar-refractivity contribution is 0.252. The number of alkyl halides is 1. The van der Waals surface area contributed by atoms with Gasteiger partial charge in [-0.15, -0.1) is 11.6 Å². The van der Waals surface area contributed by atoms with E-state index >= 15 is 0 Å². The van der Waals surface area contributed by atoms with E-state index in [0.717, 1.165) is 0 Å². The van der Waals surface area contributed by atoms with Crippen LogP contribution in [0.4, 0.5) is 10.5 Å². The summed E-state index contributed by atoms with van der Waals surface area (Å²) in [4.78, 5) is 11.6. The minimum absolute atomic E-state index is 0.0547. The zero-order chi connectivity index (χ0) is 17.6. The van der Waals surface area contributed by atoms with E-state index in [1.165, 1.54) is 18.2 Å². The summed E-state index contributed by atoms with van der Waals surface area (Å²) in [6.07, 6.45) is 0. The molecule has 0 aliphatic carbocycles. The van der Waals surface area contributed by atoms with E-state index in [1.54, 1.807) is 37.3 Å². The van der Waals surface area contributed by atoms with E-state index in [0.29, 0.717) is 17.8 Å². The summed E-state index contributed by atoms with van der Waals surface area (Å²) in [6, 6.07) is 12.2. The normalized spacial score (nSPS) is 10.9. The molecule has 8 heteroatoms. The molecule has 128 valence electrons. The van der Waals surface area contributed by atoms with Gasteiger partial charge in [0.2, 0.25) is 0 Å². The zero-order valence-electron chi connectivity index (χ0n) is 13.0. The predicted molar refractivity (Wildman–Crippen MR) is 93.2 cm³/mol. The van der Waals surface area contributed by atoms with Crippen LogP contribution in [-0.4, -0.2) is 26.9 Å². The Morgan fingerprint density at radius 1 is 1.17 bits per heavy atom. The maximum atomic E-state index is 12.4. The Labute approximate surface area is 145 Å². The van der Waals surface area contributed by atoms with Gasteiger partial charge in [-0.2, -0.15) is 8.42 Å². The molecule has 6 nitrogen and oxygen atoms in total. The molecule has 0 aliphatic rings. The summed E-state index contributed by atoms with van der Waals surface area (Å²) in [5.74, 6) is 0.544. The van der Waals surface area contributed by atoms with Crippen molar-refractivity contribution in [3.8, 4) is 5.75 Å². The second kappa shape index (κ2) is 8.03. The van der Waals surface area contributed by atoms with Gasteiger partial charge < -0.3 is 14.8 Å². The number of amides is 2. The first-order valence-electron chi connectivity index (χ1n) is 7.13. The van der Waals surface area contributed by atoms with Gasteiger partial charge in [0.05, 0.1) is 0 Å². The van der Waals surface area contributed by atoms with Gasteiger partial charge in [-0.05, 0) is 36.8 Å². The number of carbonyl (C=O) groups excluding carboxylic acids is 1. The first-order valence-corrected chi connectivity index (χ1v) is 9.07. The number of aryl methyl sites for hydroxylation is 1. The standard InChI is InChI=1S/C16H17ClN2O4S/c1-12-5-2-3-8-15(12)23-24(21,22)14-7-4-6-13(11-14)19-16(20)18-10-9-17/h2-8,11H,9-10H2,1H3,(H2,18,19,20). The van der Waals surface area contributed by atoms with Gasteiger partial charge in [0, 0.05) is 18.1 Å². The summed E-state index contributed by atoms with van der Waals surface area (Å²) in [5.41, 5.74) is 1.03. The molecule has 0 fully saturated rings. The Bertz CT molecular complexity index is 824. The molecular formula is C16H17ClN2O4S. The molecule has 0 atom stereocenters. The molecule has 0 aliphatic heterocycles. The van der Waals surface area contributed by atoms with Gasteiger partial charge in [0.1, 0.15) is 10.6 Å². The van der Waals surface area contributed by atoms with Crippen LogP contribution in [0.25, 0.3) is 0 Å². The van der Waals surface area contributed by atoms with Crippen molar-refractivity contribution in [3.63, 3.8) is 0 Å². The van der Waals surface area contributed by atoms with Crippen molar-refractivity contribution in [2.45, 2.75) is 11.8 Å². The highest BCUT2D eigenvalue weighted by Gasteiger charge is 2.18. The van der Waals surface area contributed by atoms with Crippen LogP contribution in [0.5, 0.6) is 5.75 Å². The highest BCUT2D eigenvalue weighted by molar-refractivity contribution is 7.87. The fraction of sp³-hybridized carbons (Fsp3) is 0.188. The van der Waals surface area contributed by atoms with Crippen LogP contribution in [0.3, 0.4) is 0 Å². The lowest BCUT2D eigenvalue weighted by Gasteiger charge is -2.11. The lowest BCUT2D eigenvalue weighted by atomic mass is 10.2. The Balaban J connectivity index is 2.17. The number of anilines is 1. The zero-order valence-corrected chi connectivity index (χ0v) is 14.5. The quantitative estimate of drug-likeness (QED) is 0.606. The molecule has 0 saturated heterocycles. The predicted octanol–water partition coefficient (Wildman–Crippen LogP) is 3.12. The van der Waals surface area contributed by atoms with Gasteiger partial charge in [0.25, 0.3) is 0 Å². The van der Waals surface area contributed by atoms with Crippen molar-refractivity contribution in [2.75, 3.05) is 17.7 Å². The molecule has 2 amide bonds. The van der Waals surface area contributed by atoms with Crippen molar-refractivity contribution in [1.29, 1.82) is 0 Å². The van der Waals surface area contributed by atoms with Crippen LogP contribution >= 0.6 is 11.6 Å². The molecule has 0 saturated carbocycles. The van der Waals surface area contributed by atoms with Crippen LogP contribution in [0, 0.1) is 6.92 Å². The minimum Gasteiger partial charge on any atom is -0.379 e. The van der Waals surface area contributed by atoms with Crippen molar-refractivity contribution in [2.24, 2.45) is 0 Å². The number of rotatable bonds is 6. The minimum atomic E-state index is -4.00. The molecule has 0 bridgehead atoms. The van der Waals surface area contributed by atoms with E-state index in [1.807, 2.05) is 0 Å². The number of halogens is 1. The number of urea groups is 1. The molecule has 2 N–H and O–H groups in total. The maximum Gasteiger partial charge on any atom is 0.339 e. The van der Waals surface area contributed by atoms with Crippen LogP contribution in [0.2, 0.25) is 0 Å². The third-order valence-corrected chi connectivity index (χ3v) is 4.47. The highest BCUT2D eigenvalue weighted by Crippen LogP contribution is 2.23. The fourth-order valence-corrected chi connectivity index (χ4v) is 3.01. The molecule has 24 heavy (non-hydrogen) atoms. The number of hydrogen-bond acceptors (Lipinski definition) is 4. The average Bonchev–Trinajstić information content (AvgIpc) is 2.55. The van der Waals surface area contributed by atoms with E-state index in [2.05, 4.69) is 10.6 Å².